The van der Waals surface area contributed by atoms with Crippen LogP contribution in [0, 0.1) is 5.92 Å². The first-order chi connectivity index (χ1) is 18.2. The summed E-state index contributed by atoms with van der Waals surface area (Å²) in [7, 11) is -0.574. The highest BCUT2D eigenvalue weighted by Gasteiger charge is 2.33. The average Bonchev–Trinajstić information content (AvgIpc) is 2.88. The molecule has 1 aromatic carbocycles. The van der Waals surface area contributed by atoms with Crippen molar-refractivity contribution in [1.82, 2.24) is 19.8 Å². The molecule has 0 spiro atoms. The number of nitrogens with zero attached hydrogens (tertiary/aromatic N) is 2. The highest BCUT2D eigenvalue weighted by Crippen LogP contribution is 2.19. The molecule has 1 aliphatic rings. The number of carbonyl (C=O) groups is 3. The third kappa shape index (κ3) is 8.40. The first kappa shape index (κ1) is 32.0. The third-order valence-electron chi connectivity index (χ3n) is 7.19. The van der Waals surface area contributed by atoms with Gasteiger partial charge in [0.15, 0.2) is 0 Å². The average molecular weight is 562 g/mol. The van der Waals surface area contributed by atoms with Crippen LogP contribution in [0.25, 0.3) is 0 Å². The molecule has 4 N–H and O–H groups in total. The number of anilines is 1. The minimum atomic E-state index is -4.11. The van der Waals surface area contributed by atoms with Crippen molar-refractivity contribution in [2.45, 2.75) is 76.9 Å². The molecule has 0 radical (unpaired) electrons. The van der Waals surface area contributed by atoms with Crippen LogP contribution >= 0.6 is 0 Å². The Kier molecular flexibility index (Phi) is 11.3. The number of piperidine rings is 1. The molecule has 11 heteroatoms. The Morgan fingerprint density at radius 1 is 1.13 bits per heavy atom. The van der Waals surface area contributed by atoms with Crippen LogP contribution in [0.4, 0.5) is 5.69 Å². The predicted molar refractivity (Wildman–Crippen MR) is 153 cm³/mol. The van der Waals surface area contributed by atoms with Gasteiger partial charge in [-0.25, -0.2) is 13.1 Å². The number of carbonyl (C=O) groups excluding carboxylic acids is 3. The zero-order chi connectivity index (χ0) is 29.5. The van der Waals surface area contributed by atoms with E-state index in [1.165, 1.54) is 36.1 Å². The van der Waals surface area contributed by atoms with Crippen LogP contribution in [0.5, 0.6) is 0 Å². The zero-order valence-electron chi connectivity index (χ0n) is 24.0. The number of nitrogens with two attached hydrogens (primary N) is 1. The SMILES string of the molecule is C/C=C(\C)[C@H](NC(=O)[C@H]1CCCCN1C)C(=O)N(C)[C@H](/C=C(\C)C(=O)NS(=O)(=O)c1ccc(N)cc1)C(C)C. The molecule has 0 bridgehead atoms. The molecule has 1 fully saturated rings. The summed E-state index contributed by atoms with van der Waals surface area (Å²) in [6.07, 6.45) is 6.10. The van der Waals surface area contributed by atoms with Gasteiger partial charge in [0.05, 0.1) is 17.0 Å². The van der Waals surface area contributed by atoms with Gasteiger partial charge in [-0.2, -0.15) is 0 Å². The lowest BCUT2D eigenvalue weighted by atomic mass is 9.97. The molecule has 3 atom stereocenters. The number of hydrogen-bond donors (Lipinski definition) is 3. The maximum absolute atomic E-state index is 13.7. The Balaban J connectivity index is 2.25. The standard InChI is InChI=1S/C28H43N5O5S/c1-8-19(4)25(30-27(35)23-11-9-10-16-32(23)6)28(36)33(7)24(18(2)3)17-20(5)26(34)31-39(37,38)22-14-12-21(29)13-15-22/h8,12-15,17-18,23-25H,9-11,16,29H2,1-7H3,(H,30,35)(H,31,34)/b19-8+,20-17+/t23-,24-,25+/m1/s1. The molecule has 39 heavy (non-hydrogen) atoms. The summed E-state index contributed by atoms with van der Waals surface area (Å²) in [6.45, 7) is 9.72. The van der Waals surface area contributed by atoms with E-state index in [0.29, 0.717) is 11.3 Å². The molecule has 0 saturated carbocycles. The van der Waals surface area contributed by atoms with Crippen molar-refractivity contribution in [1.29, 1.82) is 0 Å². The molecule has 216 valence electrons. The molecule has 1 aromatic rings. The van der Waals surface area contributed by atoms with Crippen molar-refractivity contribution in [3.63, 3.8) is 0 Å². The normalized spacial score (nSPS) is 18.8. The maximum Gasteiger partial charge on any atom is 0.264 e. The van der Waals surface area contributed by atoms with Crippen LogP contribution in [0.15, 0.2) is 52.5 Å². The van der Waals surface area contributed by atoms with Crippen molar-refractivity contribution in [3.05, 3.63) is 47.6 Å². The molecule has 0 aromatic heterocycles. The van der Waals surface area contributed by atoms with E-state index in [9.17, 15) is 22.8 Å². The van der Waals surface area contributed by atoms with Gasteiger partial charge in [-0.15, -0.1) is 0 Å². The lowest BCUT2D eigenvalue weighted by Gasteiger charge is -2.35. The van der Waals surface area contributed by atoms with E-state index < -0.39 is 28.0 Å². The van der Waals surface area contributed by atoms with Gasteiger partial charge in [-0.1, -0.05) is 32.4 Å². The summed E-state index contributed by atoms with van der Waals surface area (Å²) in [5.41, 5.74) is 6.86. The van der Waals surface area contributed by atoms with Gasteiger partial charge in [0.25, 0.3) is 15.9 Å². The van der Waals surface area contributed by atoms with Crippen LogP contribution < -0.4 is 15.8 Å². The Bertz CT molecular complexity index is 1210. The molecule has 0 unspecified atom stereocenters. The van der Waals surface area contributed by atoms with Gasteiger partial charge in [0.2, 0.25) is 11.8 Å². The second-order valence-corrected chi connectivity index (χ2v) is 12.2. The number of benzene rings is 1. The number of nitrogens with one attached hydrogen (secondary N) is 2. The van der Waals surface area contributed by atoms with Crippen molar-refractivity contribution in [3.8, 4) is 0 Å². The molecule has 1 heterocycles. The smallest absolute Gasteiger partial charge is 0.264 e. The zero-order valence-corrected chi connectivity index (χ0v) is 24.8. The Morgan fingerprint density at radius 2 is 1.74 bits per heavy atom. The van der Waals surface area contributed by atoms with Crippen molar-refractivity contribution in [2.24, 2.45) is 5.92 Å². The highest BCUT2D eigenvalue weighted by molar-refractivity contribution is 7.90. The molecule has 10 nitrogen and oxygen atoms in total. The van der Waals surface area contributed by atoms with Gasteiger partial charge in [0.1, 0.15) is 6.04 Å². The van der Waals surface area contributed by atoms with E-state index in [4.69, 9.17) is 5.73 Å². The number of amides is 3. The predicted octanol–water partition coefficient (Wildman–Crippen LogP) is 2.44. The summed E-state index contributed by atoms with van der Waals surface area (Å²) in [5, 5.41) is 2.94. The van der Waals surface area contributed by atoms with Crippen LogP contribution in [0.1, 0.15) is 53.9 Å². The van der Waals surface area contributed by atoms with E-state index in [1.807, 2.05) is 32.7 Å². The Labute approximate surface area is 232 Å². The number of nitrogen functional groups attached to an aromatic ring is 1. The second-order valence-electron chi connectivity index (χ2n) is 10.5. The van der Waals surface area contributed by atoms with Crippen LogP contribution in [-0.2, 0) is 24.4 Å². The van der Waals surface area contributed by atoms with Gasteiger partial charge in [-0.3, -0.25) is 19.3 Å². The molecule has 2 rings (SSSR count). The summed E-state index contributed by atoms with van der Waals surface area (Å²) in [6, 6.07) is 3.81. The molecule has 3 amide bonds. The monoisotopic (exact) mass is 561 g/mol. The molecular formula is C28H43N5O5S. The molecule has 0 aliphatic carbocycles. The van der Waals surface area contributed by atoms with Gasteiger partial charge in [0, 0.05) is 18.3 Å². The molecular weight excluding hydrogens is 518 g/mol. The number of likely N-dealkylation sites (tertiary alicyclic amines) is 1. The maximum atomic E-state index is 13.7. The Hall–Kier alpha value is -3.18. The fraction of sp³-hybridized carbons (Fsp3) is 0.536. The van der Waals surface area contributed by atoms with Crippen LogP contribution in [-0.4, -0.2) is 74.7 Å². The number of hydrogen-bond acceptors (Lipinski definition) is 7. The Morgan fingerprint density at radius 3 is 2.28 bits per heavy atom. The lowest BCUT2D eigenvalue weighted by Crippen LogP contribution is -2.56. The van der Waals surface area contributed by atoms with Gasteiger partial charge < -0.3 is 16.0 Å². The first-order valence-electron chi connectivity index (χ1n) is 13.2. The summed E-state index contributed by atoms with van der Waals surface area (Å²) in [4.78, 5) is 43.1. The fourth-order valence-corrected chi connectivity index (χ4v) is 5.54. The fourth-order valence-electron chi connectivity index (χ4n) is 4.52. The van der Waals surface area contributed by atoms with E-state index in [1.54, 1.807) is 26.1 Å². The summed E-state index contributed by atoms with van der Waals surface area (Å²) in [5.74, 6) is -1.42. The van der Waals surface area contributed by atoms with Gasteiger partial charge in [-0.05, 0) is 83.0 Å². The van der Waals surface area contributed by atoms with Gasteiger partial charge >= 0.3 is 0 Å². The highest BCUT2D eigenvalue weighted by atomic mass is 32.2. The van der Waals surface area contributed by atoms with Crippen LogP contribution in [0.3, 0.4) is 0 Å². The van der Waals surface area contributed by atoms with Crippen LogP contribution in [0.2, 0.25) is 0 Å². The first-order valence-corrected chi connectivity index (χ1v) is 14.7. The van der Waals surface area contributed by atoms with Crippen molar-refractivity contribution in [2.75, 3.05) is 26.4 Å². The minimum absolute atomic E-state index is 0.0884. The minimum Gasteiger partial charge on any atom is -0.399 e. The summed E-state index contributed by atoms with van der Waals surface area (Å²) >= 11 is 0. The van der Waals surface area contributed by atoms with E-state index in [-0.39, 0.29) is 34.2 Å². The molecule has 1 aliphatic heterocycles. The quantitative estimate of drug-likeness (QED) is 0.226. The number of allylic oxidation sites excluding steroid dienone is 1. The molecule has 1 saturated heterocycles. The van der Waals surface area contributed by atoms with E-state index in [2.05, 4.69) is 10.0 Å². The number of sulfonamides is 1. The third-order valence-corrected chi connectivity index (χ3v) is 8.54. The van der Waals surface area contributed by atoms with E-state index in [0.717, 1.165) is 25.8 Å². The second kappa shape index (κ2) is 13.7. The number of rotatable bonds is 10. The van der Waals surface area contributed by atoms with Crippen molar-refractivity contribution < 1.29 is 22.8 Å². The summed E-state index contributed by atoms with van der Waals surface area (Å²) < 4.78 is 27.4. The largest absolute Gasteiger partial charge is 0.399 e. The lowest BCUT2D eigenvalue weighted by molar-refractivity contribution is -0.137. The van der Waals surface area contributed by atoms with Crippen molar-refractivity contribution >= 4 is 33.4 Å². The van der Waals surface area contributed by atoms with E-state index >= 15 is 0 Å². The topological polar surface area (TPSA) is 142 Å². The number of likely N-dealkylation sites (N-methyl/N-ethyl adjacent to an activating group) is 2.